The Morgan fingerprint density at radius 3 is 2.52 bits per heavy atom. The van der Waals surface area contributed by atoms with Gasteiger partial charge in [0.2, 0.25) is 0 Å². The number of carbonyl (C=O) groups is 1. The molecular weight excluding hydrogens is 294 g/mol. The Hall–Kier alpha value is -1.30. The van der Waals surface area contributed by atoms with E-state index in [1.807, 2.05) is 0 Å². The molecule has 0 bridgehead atoms. The van der Waals surface area contributed by atoms with Crippen LogP contribution in [-0.2, 0) is 4.84 Å². The van der Waals surface area contributed by atoms with Crippen LogP contribution >= 0.6 is 0 Å². The van der Waals surface area contributed by atoms with Gasteiger partial charge in [-0.25, -0.2) is 4.79 Å². The van der Waals surface area contributed by atoms with Crippen molar-refractivity contribution >= 4 is 11.8 Å². The van der Waals surface area contributed by atoms with Crippen molar-refractivity contribution < 1.29 is 14.7 Å². The summed E-state index contributed by atoms with van der Waals surface area (Å²) in [4.78, 5) is 20.3. The molecule has 2 saturated heterocycles. The highest BCUT2D eigenvalue weighted by molar-refractivity contribution is 5.86. The van der Waals surface area contributed by atoms with Crippen LogP contribution in [0.3, 0.4) is 0 Å². The second kappa shape index (κ2) is 9.11. The lowest BCUT2D eigenvalue weighted by molar-refractivity contribution is 0.128. The van der Waals surface area contributed by atoms with Gasteiger partial charge in [-0.05, 0) is 51.6 Å². The van der Waals surface area contributed by atoms with Gasteiger partial charge in [0.15, 0.2) is 0 Å². The molecule has 2 fully saturated rings. The van der Waals surface area contributed by atoms with E-state index in [0.29, 0.717) is 25.0 Å². The third-order valence-electron chi connectivity index (χ3n) is 5.20. The zero-order chi connectivity index (χ0) is 16.7. The van der Waals surface area contributed by atoms with Gasteiger partial charge in [-0.15, -0.1) is 0 Å². The maximum Gasteiger partial charge on any atom is 0.407 e. The lowest BCUT2D eigenvalue weighted by Gasteiger charge is -2.37. The van der Waals surface area contributed by atoms with Crippen LogP contribution in [0.25, 0.3) is 0 Å². The number of hydrogen-bond acceptors (Lipinski definition) is 4. The minimum absolute atomic E-state index is 0.536. The summed E-state index contributed by atoms with van der Waals surface area (Å²) >= 11 is 0. The van der Waals surface area contributed by atoms with Crippen LogP contribution in [-0.4, -0.2) is 66.0 Å². The minimum atomic E-state index is -0.774. The first-order valence-corrected chi connectivity index (χ1v) is 8.97. The van der Waals surface area contributed by atoms with Crippen molar-refractivity contribution in [1.82, 2.24) is 9.80 Å². The number of hydrogen-bond donors (Lipinski definition) is 1. The molecule has 132 valence electrons. The topological polar surface area (TPSA) is 65.4 Å². The molecule has 23 heavy (non-hydrogen) atoms. The number of likely N-dealkylation sites (tertiary alicyclic amines) is 2. The third-order valence-corrected chi connectivity index (χ3v) is 5.20. The number of rotatable bonds is 5. The Balaban J connectivity index is 1.84. The predicted molar refractivity (Wildman–Crippen MR) is 90.9 cm³/mol. The molecule has 0 saturated carbocycles. The van der Waals surface area contributed by atoms with Crippen LogP contribution in [0, 0.1) is 5.92 Å². The van der Waals surface area contributed by atoms with Gasteiger partial charge in [0.05, 0.1) is 5.71 Å². The summed E-state index contributed by atoms with van der Waals surface area (Å²) in [7, 11) is 1.63. The van der Waals surface area contributed by atoms with Crippen LogP contribution < -0.4 is 0 Å². The Morgan fingerprint density at radius 2 is 1.91 bits per heavy atom. The number of carboxylic acid groups (broad SMARTS) is 1. The van der Waals surface area contributed by atoms with E-state index in [9.17, 15) is 4.79 Å². The molecule has 0 aromatic rings. The van der Waals surface area contributed by atoms with Crippen LogP contribution in [0.2, 0.25) is 0 Å². The number of nitrogens with zero attached hydrogens (tertiary/aromatic N) is 3. The Morgan fingerprint density at radius 1 is 1.17 bits per heavy atom. The highest BCUT2D eigenvalue weighted by Gasteiger charge is 2.29. The Bertz CT molecular complexity index is 406. The molecule has 6 nitrogen and oxygen atoms in total. The van der Waals surface area contributed by atoms with Gasteiger partial charge in [-0.2, -0.15) is 0 Å². The van der Waals surface area contributed by atoms with Crippen molar-refractivity contribution in [2.24, 2.45) is 11.1 Å². The lowest BCUT2D eigenvalue weighted by Crippen LogP contribution is -2.43. The molecule has 2 heterocycles. The molecule has 0 aliphatic carbocycles. The second-order valence-electron chi connectivity index (χ2n) is 6.68. The van der Waals surface area contributed by atoms with Crippen molar-refractivity contribution in [3.05, 3.63) is 0 Å². The number of amides is 1. The summed E-state index contributed by atoms with van der Waals surface area (Å²) in [5, 5.41) is 13.4. The van der Waals surface area contributed by atoms with E-state index in [-0.39, 0.29) is 0 Å². The lowest BCUT2D eigenvalue weighted by atomic mass is 9.88. The minimum Gasteiger partial charge on any atom is -0.465 e. The molecule has 1 amide bonds. The molecule has 0 unspecified atom stereocenters. The van der Waals surface area contributed by atoms with Gasteiger partial charge in [0, 0.05) is 25.0 Å². The quantitative estimate of drug-likeness (QED) is 0.623. The van der Waals surface area contributed by atoms with E-state index in [1.165, 1.54) is 5.71 Å². The van der Waals surface area contributed by atoms with E-state index >= 15 is 0 Å². The molecule has 0 spiro atoms. The van der Waals surface area contributed by atoms with Crippen LogP contribution in [0.1, 0.15) is 51.9 Å². The van der Waals surface area contributed by atoms with Crippen LogP contribution in [0.5, 0.6) is 0 Å². The predicted octanol–water partition coefficient (Wildman–Crippen LogP) is 3.03. The molecule has 2 aliphatic rings. The first kappa shape index (κ1) is 18.0. The summed E-state index contributed by atoms with van der Waals surface area (Å²) in [5.41, 5.74) is 1.22. The van der Waals surface area contributed by atoms with E-state index in [1.54, 1.807) is 12.0 Å². The van der Waals surface area contributed by atoms with Gasteiger partial charge in [-0.3, -0.25) is 0 Å². The summed E-state index contributed by atoms with van der Waals surface area (Å²) in [6.45, 7) is 5.72. The molecule has 0 aromatic carbocycles. The van der Waals surface area contributed by atoms with E-state index in [0.717, 1.165) is 58.0 Å². The summed E-state index contributed by atoms with van der Waals surface area (Å²) in [6, 6.07) is 0.536. The third kappa shape index (κ3) is 5.09. The first-order chi connectivity index (χ1) is 11.2. The first-order valence-electron chi connectivity index (χ1n) is 8.97. The number of oxime groups is 1. The average Bonchev–Trinajstić information content (AvgIpc) is 2.81. The van der Waals surface area contributed by atoms with Crippen molar-refractivity contribution in [1.29, 1.82) is 0 Å². The molecule has 0 aromatic heterocycles. The monoisotopic (exact) mass is 325 g/mol. The van der Waals surface area contributed by atoms with Gasteiger partial charge in [0.1, 0.15) is 7.11 Å². The fourth-order valence-corrected chi connectivity index (χ4v) is 3.93. The fraction of sp³-hybridized carbons (Fsp3) is 0.882. The smallest absolute Gasteiger partial charge is 0.407 e. The Labute approximate surface area is 139 Å². The molecule has 1 atom stereocenters. The van der Waals surface area contributed by atoms with Crippen molar-refractivity contribution in [2.75, 3.05) is 33.3 Å². The van der Waals surface area contributed by atoms with Crippen molar-refractivity contribution in [3.8, 4) is 0 Å². The molecule has 2 rings (SSSR count). The SMILES string of the molecule is CCCC(=NOC)C1CCN([C@H]2CCCN(C(=O)O)CC2)CC1. The fourth-order valence-electron chi connectivity index (χ4n) is 3.93. The van der Waals surface area contributed by atoms with Crippen LogP contribution in [0.4, 0.5) is 4.79 Å². The van der Waals surface area contributed by atoms with Crippen molar-refractivity contribution in [3.63, 3.8) is 0 Å². The normalized spacial score (nSPS) is 25.2. The summed E-state index contributed by atoms with van der Waals surface area (Å²) in [6.07, 6.45) is 6.69. The average molecular weight is 325 g/mol. The van der Waals surface area contributed by atoms with Gasteiger partial charge >= 0.3 is 6.09 Å². The summed E-state index contributed by atoms with van der Waals surface area (Å²) < 4.78 is 0. The second-order valence-corrected chi connectivity index (χ2v) is 6.68. The van der Waals surface area contributed by atoms with E-state index in [2.05, 4.69) is 17.0 Å². The molecular formula is C17H31N3O3. The molecule has 1 N–H and O–H groups in total. The van der Waals surface area contributed by atoms with Gasteiger partial charge in [-0.1, -0.05) is 18.5 Å². The highest BCUT2D eigenvalue weighted by atomic mass is 16.6. The zero-order valence-electron chi connectivity index (χ0n) is 14.5. The molecule has 0 radical (unpaired) electrons. The largest absolute Gasteiger partial charge is 0.465 e. The maximum absolute atomic E-state index is 11.1. The highest BCUT2D eigenvalue weighted by Crippen LogP contribution is 2.26. The van der Waals surface area contributed by atoms with Gasteiger partial charge < -0.3 is 19.7 Å². The van der Waals surface area contributed by atoms with Gasteiger partial charge in [0.25, 0.3) is 0 Å². The van der Waals surface area contributed by atoms with E-state index < -0.39 is 6.09 Å². The van der Waals surface area contributed by atoms with Crippen molar-refractivity contribution in [2.45, 2.75) is 57.9 Å². The number of piperidine rings is 1. The van der Waals surface area contributed by atoms with Crippen LogP contribution in [0.15, 0.2) is 5.16 Å². The molecule has 2 aliphatic heterocycles. The molecule has 6 heteroatoms. The van der Waals surface area contributed by atoms with E-state index in [4.69, 9.17) is 9.94 Å². The standard InChI is InChI=1S/C17H31N3O3/c1-3-5-16(18-23-2)14-7-11-19(12-8-14)15-6-4-10-20(13-9-15)17(21)22/h14-15H,3-13H2,1-2H3,(H,21,22)/t15-/m0/s1. The summed E-state index contributed by atoms with van der Waals surface area (Å²) in [5.74, 6) is 0.549. The Kier molecular flexibility index (Phi) is 7.15. The maximum atomic E-state index is 11.1. The zero-order valence-corrected chi connectivity index (χ0v) is 14.5.